The Morgan fingerprint density at radius 1 is 0.889 bits per heavy atom. The molecule has 1 aliphatic rings. The molecule has 0 fully saturated rings. The second-order valence-electron chi connectivity index (χ2n) is 5.85. The maximum atomic E-state index is 5.45. The van der Waals surface area contributed by atoms with E-state index in [1.807, 2.05) is 36.4 Å². The minimum absolute atomic E-state index is 0.0945. The summed E-state index contributed by atoms with van der Waals surface area (Å²) in [5.74, 6) is 2.50. The van der Waals surface area contributed by atoms with Crippen LogP contribution in [0.2, 0.25) is 0 Å². The summed E-state index contributed by atoms with van der Waals surface area (Å²) in [4.78, 5) is 0. The normalized spacial score (nSPS) is 15.9. The molecular formula is C20H22N2O4S. The van der Waals surface area contributed by atoms with Crippen molar-refractivity contribution in [1.29, 1.82) is 0 Å². The summed E-state index contributed by atoms with van der Waals surface area (Å²) in [6.07, 6.45) is 2.06. The second kappa shape index (κ2) is 8.18. The molecule has 142 valence electrons. The number of benzene rings is 2. The van der Waals surface area contributed by atoms with E-state index in [1.165, 1.54) is 0 Å². The van der Waals surface area contributed by atoms with Crippen molar-refractivity contribution in [3.8, 4) is 23.0 Å². The summed E-state index contributed by atoms with van der Waals surface area (Å²) < 4.78 is 21.6. The molecule has 3 rings (SSSR count). The fourth-order valence-electron chi connectivity index (χ4n) is 2.97. The van der Waals surface area contributed by atoms with Gasteiger partial charge in [-0.2, -0.15) is 0 Å². The molecule has 1 aliphatic heterocycles. The average molecular weight is 386 g/mol. The first-order valence-corrected chi connectivity index (χ1v) is 8.74. The fraction of sp³-hybridized carbons (Fsp3) is 0.250. The Kier molecular flexibility index (Phi) is 5.71. The average Bonchev–Trinajstić information content (AvgIpc) is 2.72. The molecule has 6 nitrogen and oxygen atoms in total. The Morgan fingerprint density at radius 2 is 1.59 bits per heavy atom. The van der Waals surface area contributed by atoms with Gasteiger partial charge in [-0.25, -0.2) is 0 Å². The Hall–Kier alpha value is -2.93. The third kappa shape index (κ3) is 3.93. The Bertz CT molecular complexity index is 857. The molecule has 0 saturated heterocycles. The topological polar surface area (TPSA) is 61.0 Å². The van der Waals surface area contributed by atoms with E-state index in [4.69, 9.17) is 31.2 Å². The third-order valence-electron chi connectivity index (χ3n) is 4.30. The quantitative estimate of drug-likeness (QED) is 0.739. The number of thiocarbonyl (C=S) groups is 1. The third-order valence-corrected chi connectivity index (χ3v) is 4.52. The van der Waals surface area contributed by atoms with Gasteiger partial charge >= 0.3 is 0 Å². The van der Waals surface area contributed by atoms with Crippen molar-refractivity contribution in [2.45, 2.75) is 6.04 Å². The molecular weight excluding hydrogens is 364 g/mol. The van der Waals surface area contributed by atoms with Gasteiger partial charge < -0.3 is 29.6 Å². The Morgan fingerprint density at radius 3 is 2.19 bits per heavy atom. The van der Waals surface area contributed by atoms with E-state index in [0.717, 1.165) is 22.6 Å². The van der Waals surface area contributed by atoms with Crippen LogP contribution >= 0.6 is 12.2 Å². The van der Waals surface area contributed by atoms with E-state index in [9.17, 15) is 0 Å². The smallest absolute Gasteiger partial charge is 0.203 e. The standard InChI is InChI=1S/C20H22N2O4S/c1-23-14-7-5-6-12(8-14)15-11-16(22-20(27)21-15)13-9-17(24-2)19(26-4)18(10-13)25-3/h5-11,15H,1-4H3,(H2,21,22,27). The number of hydrogen-bond donors (Lipinski definition) is 2. The second-order valence-corrected chi connectivity index (χ2v) is 6.26. The molecule has 1 atom stereocenters. The first-order chi connectivity index (χ1) is 13.1. The predicted octanol–water partition coefficient (Wildman–Crippen LogP) is 3.28. The molecule has 27 heavy (non-hydrogen) atoms. The van der Waals surface area contributed by atoms with Crippen LogP contribution in [0.15, 0.2) is 42.5 Å². The van der Waals surface area contributed by atoms with Crippen LogP contribution in [0.4, 0.5) is 0 Å². The highest BCUT2D eigenvalue weighted by Crippen LogP contribution is 2.40. The van der Waals surface area contributed by atoms with Crippen LogP contribution in [0.5, 0.6) is 23.0 Å². The summed E-state index contributed by atoms with van der Waals surface area (Å²) in [6.45, 7) is 0. The molecule has 1 unspecified atom stereocenters. The van der Waals surface area contributed by atoms with Gasteiger partial charge in [0.05, 0.1) is 34.5 Å². The maximum absolute atomic E-state index is 5.45. The lowest BCUT2D eigenvalue weighted by atomic mass is 10.0. The zero-order chi connectivity index (χ0) is 19.4. The van der Waals surface area contributed by atoms with Crippen molar-refractivity contribution < 1.29 is 18.9 Å². The predicted molar refractivity (Wildman–Crippen MR) is 109 cm³/mol. The number of rotatable bonds is 6. The summed E-state index contributed by atoms with van der Waals surface area (Å²) in [7, 11) is 6.41. The van der Waals surface area contributed by atoms with Gasteiger partial charge in [-0.3, -0.25) is 0 Å². The minimum Gasteiger partial charge on any atom is -0.497 e. The molecule has 2 aromatic rings. The molecule has 1 heterocycles. The SMILES string of the molecule is COc1cccc(C2C=C(c3cc(OC)c(OC)c(OC)c3)NC(=S)N2)c1. The summed E-state index contributed by atoms with van der Waals surface area (Å²) in [5.41, 5.74) is 2.77. The lowest BCUT2D eigenvalue weighted by molar-refractivity contribution is 0.324. The number of ether oxygens (including phenoxy) is 4. The molecule has 0 aromatic heterocycles. The first kappa shape index (κ1) is 18.8. The minimum atomic E-state index is -0.0945. The van der Waals surface area contributed by atoms with Gasteiger partial charge in [0.1, 0.15) is 5.75 Å². The lowest BCUT2D eigenvalue weighted by Crippen LogP contribution is -2.40. The van der Waals surface area contributed by atoms with E-state index in [2.05, 4.69) is 16.7 Å². The van der Waals surface area contributed by atoms with Crippen LogP contribution in [-0.2, 0) is 0 Å². The summed E-state index contributed by atoms with van der Waals surface area (Å²) in [5, 5.41) is 7.00. The van der Waals surface area contributed by atoms with E-state index in [1.54, 1.807) is 28.4 Å². The van der Waals surface area contributed by atoms with Gasteiger partial charge in [-0.15, -0.1) is 0 Å². The lowest BCUT2D eigenvalue weighted by Gasteiger charge is -2.27. The van der Waals surface area contributed by atoms with Crippen molar-refractivity contribution in [3.05, 3.63) is 53.6 Å². The van der Waals surface area contributed by atoms with Crippen molar-refractivity contribution >= 4 is 23.0 Å². The van der Waals surface area contributed by atoms with Crippen LogP contribution in [0, 0.1) is 0 Å². The van der Waals surface area contributed by atoms with E-state index in [0.29, 0.717) is 22.4 Å². The van der Waals surface area contributed by atoms with E-state index in [-0.39, 0.29) is 6.04 Å². The molecule has 0 saturated carbocycles. The molecule has 0 spiro atoms. The van der Waals surface area contributed by atoms with Crippen LogP contribution < -0.4 is 29.6 Å². The van der Waals surface area contributed by atoms with Crippen molar-refractivity contribution in [3.63, 3.8) is 0 Å². The molecule has 2 N–H and O–H groups in total. The summed E-state index contributed by atoms with van der Waals surface area (Å²) >= 11 is 5.41. The summed E-state index contributed by atoms with van der Waals surface area (Å²) in [6, 6.07) is 11.5. The van der Waals surface area contributed by atoms with Crippen molar-refractivity contribution in [1.82, 2.24) is 10.6 Å². The van der Waals surface area contributed by atoms with E-state index < -0.39 is 0 Å². The van der Waals surface area contributed by atoms with Gasteiger partial charge in [-0.05, 0) is 48.1 Å². The maximum Gasteiger partial charge on any atom is 0.203 e. The molecule has 7 heteroatoms. The van der Waals surface area contributed by atoms with Crippen LogP contribution in [0.3, 0.4) is 0 Å². The van der Waals surface area contributed by atoms with Crippen LogP contribution in [-0.4, -0.2) is 33.6 Å². The zero-order valence-electron chi connectivity index (χ0n) is 15.7. The van der Waals surface area contributed by atoms with Crippen molar-refractivity contribution in [2.24, 2.45) is 0 Å². The molecule has 0 amide bonds. The van der Waals surface area contributed by atoms with Crippen LogP contribution in [0.1, 0.15) is 17.2 Å². The largest absolute Gasteiger partial charge is 0.497 e. The Labute approximate surface area is 164 Å². The highest BCUT2D eigenvalue weighted by atomic mass is 32.1. The Balaban J connectivity index is 2.04. The van der Waals surface area contributed by atoms with Gasteiger partial charge in [0.25, 0.3) is 0 Å². The monoisotopic (exact) mass is 386 g/mol. The fourth-order valence-corrected chi connectivity index (χ4v) is 3.21. The molecule has 2 aromatic carbocycles. The van der Waals surface area contributed by atoms with Crippen molar-refractivity contribution in [2.75, 3.05) is 28.4 Å². The molecule has 0 radical (unpaired) electrons. The van der Waals surface area contributed by atoms with Crippen LogP contribution in [0.25, 0.3) is 5.70 Å². The zero-order valence-corrected chi connectivity index (χ0v) is 16.5. The highest BCUT2D eigenvalue weighted by molar-refractivity contribution is 7.80. The van der Waals surface area contributed by atoms with Gasteiger partial charge in [0.15, 0.2) is 16.6 Å². The number of nitrogens with one attached hydrogen (secondary N) is 2. The van der Waals surface area contributed by atoms with Gasteiger partial charge in [-0.1, -0.05) is 12.1 Å². The number of hydrogen-bond acceptors (Lipinski definition) is 5. The van der Waals surface area contributed by atoms with Gasteiger partial charge in [0, 0.05) is 11.3 Å². The number of methoxy groups -OCH3 is 4. The van der Waals surface area contributed by atoms with Gasteiger partial charge in [0.2, 0.25) is 5.75 Å². The molecule has 0 bridgehead atoms. The van der Waals surface area contributed by atoms with E-state index >= 15 is 0 Å². The first-order valence-electron chi connectivity index (χ1n) is 8.33. The highest BCUT2D eigenvalue weighted by Gasteiger charge is 2.21. The molecule has 0 aliphatic carbocycles.